The van der Waals surface area contributed by atoms with E-state index in [2.05, 4.69) is 16.0 Å². The van der Waals surface area contributed by atoms with Crippen LogP contribution in [-0.4, -0.2) is 54.0 Å². The molecule has 0 bridgehead atoms. The summed E-state index contributed by atoms with van der Waals surface area (Å²) in [6.07, 6.45) is 0.311. The number of aromatic nitrogens is 1. The molecule has 3 amide bonds. The van der Waals surface area contributed by atoms with Crippen LogP contribution in [0, 0.1) is 11.8 Å². The quantitative estimate of drug-likeness (QED) is 0.211. The highest BCUT2D eigenvalue weighted by molar-refractivity contribution is 6.06. The molecule has 5 rings (SSSR count). The molecule has 10 nitrogen and oxygen atoms in total. The Kier molecular flexibility index (Phi) is 9.89. The second-order valence-corrected chi connectivity index (χ2v) is 12.5. The van der Waals surface area contributed by atoms with Crippen molar-refractivity contribution in [1.29, 1.82) is 0 Å². The van der Waals surface area contributed by atoms with Crippen molar-refractivity contribution in [2.24, 2.45) is 11.8 Å². The number of esters is 1. The Bertz CT molecular complexity index is 1880. The molecule has 10 heteroatoms. The maximum absolute atomic E-state index is 14.1. The molecule has 2 heterocycles. The van der Waals surface area contributed by atoms with E-state index in [4.69, 9.17) is 4.74 Å². The predicted octanol–water partition coefficient (Wildman–Crippen LogP) is 4.20. The van der Waals surface area contributed by atoms with Crippen LogP contribution in [0.3, 0.4) is 0 Å². The first-order valence-corrected chi connectivity index (χ1v) is 15.8. The molecule has 3 aromatic carbocycles. The Morgan fingerprint density at radius 3 is 2.13 bits per heavy atom. The molecule has 244 valence electrons. The summed E-state index contributed by atoms with van der Waals surface area (Å²) in [6, 6.07) is 21.7. The fraction of sp³-hybridized carbons (Fsp3) is 0.324. The maximum atomic E-state index is 14.1. The number of carbonyl (C=O) groups is 4. The molecule has 0 spiro atoms. The lowest BCUT2D eigenvalue weighted by molar-refractivity contribution is -0.146. The lowest BCUT2D eigenvalue weighted by atomic mass is 9.94. The highest BCUT2D eigenvalue weighted by Gasteiger charge is 2.38. The summed E-state index contributed by atoms with van der Waals surface area (Å²) in [4.78, 5) is 66.7. The average Bonchev–Trinajstić information content (AvgIpc) is 3.41. The number of hydrogen-bond acceptors (Lipinski definition) is 6. The van der Waals surface area contributed by atoms with Crippen molar-refractivity contribution in [2.45, 2.75) is 52.2 Å². The van der Waals surface area contributed by atoms with Crippen LogP contribution in [0.15, 0.2) is 83.7 Å². The van der Waals surface area contributed by atoms with E-state index >= 15 is 0 Å². The molecule has 1 aliphatic heterocycles. The fourth-order valence-electron chi connectivity index (χ4n) is 6.21. The van der Waals surface area contributed by atoms with Crippen LogP contribution in [0.4, 0.5) is 0 Å². The summed E-state index contributed by atoms with van der Waals surface area (Å²) in [6.45, 7) is 6.96. The summed E-state index contributed by atoms with van der Waals surface area (Å²) in [5, 5.41) is 9.38. The van der Waals surface area contributed by atoms with Gasteiger partial charge in [0.05, 0.1) is 19.3 Å². The van der Waals surface area contributed by atoms with Crippen molar-refractivity contribution in [3.8, 4) is 22.4 Å². The van der Waals surface area contributed by atoms with Gasteiger partial charge in [0.1, 0.15) is 18.1 Å². The van der Waals surface area contributed by atoms with Gasteiger partial charge in [0.25, 0.3) is 5.56 Å². The molecule has 0 radical (unpaired) electrons. The first kappa shape index (κ1) is 33.1. The Labute approximate surface area is 273 Å². The summed E-state index contributed by atoms with van der Waals surface area (Å²) in [7, 11) is 1.25. The second kappa shape index (κ2) is 14.0. The van der Waals surface area contributed by atoms with Gasteiger partial charge in [-0.15, -0.1) is 0 Å². The third kappa shape index (κ3) is 6.67. The van der Waals surface area contributed by atoms with E-state index in [1.54, 1.807) is 26.0 Å². The predicted molar refractivity (Wildman–Crippen MR) is 180 cm³/mol. The Morgan fingerprint density at radius 2 is 1.47 bits per heavy atom. The third-order valence-corrected chi connectivity index (χ3v) is 8.40. The molecule has 1 aromatic heterocycles. The van der Waals surface area contributed by atoms with Gasteiger partial charge in [-0.1, -0.05) is 100 Å². The van der Waals surface area contributed by atoms with Gasteiger partial charge in [-0.05, 0) is 40.8 Å². The van der Waals surface area contributed by atoms with Gasteiger partial charge in [0, 0.05) is 16.5 Å². The Morgan fingerprint density at radius 1 is 0.830 bits per heavy atom. The van der Waals surface area contributed by atoms with Crippen LogP contribution < -0.4 is 21.5 Å². The zero-order chi connectivity index (χ0) is 33.8. The van der Waals surface area contributed by atoms with E-state index in [0.717, 1.165) is 22.1 Å². The number of hydrogen-bond donors (Lipinski definition) is 3. The van der Waals surface area contributed by atoms with Crippen molar-refractivity contribution in [3.63, 3.8) is 0 Å². The Hall–Kier alpha value is -5.25. The van der Waals surface area contributed by atoms with E-state index in [9.17, 15) is 24.0 Å². The zero-order valence-corrected chi connectivity index (χ0v) is 27.2. The lowest BCUT2D eigenvalue weighted by Crippen LogP contribution is -2.55. The van der Waals surface area contributed by atoms with Gasteiger partial charge >= 0.3 is 5.97 Å². The van der Waals surface area contributed by atoms with Crippen molar-refractivity contribution in [2.75, 3.05) is 13.7 Å². The van der Waals surface area contributed by atoms with E-state index < -0.39 is 48.4 Å². The molecular formula is C37H40N4O6. The minimum Gasteiger partial charge on any atom is -0.467 e. The number of amides is 3. The molecule has 1 unspecified atom stereocenters. The highest BCUT2D eigenvalue weighted by atomic mass is 16.5. The molecule has 0 aliphatic carbocycles. The Balaban J connectivity index is 1.43. The van der Waals surface area contributed by atoms with Crippen LogP contribution in [-0.2, 0) is 23.9 Å². The molecular weight excluding hydrogens is 596 g/mol. The van der Waals surface area contributed by atoms with Crippen molar-refractivity contribution >= 4 is 34.5 Å². The largest absolute Gasteiger partial charge is 0.467 e. The topological polar surface area (TPSA) is 136 Å². The lowest BCUT2D eigenvalue weighted by Gasteiger charge is -2.25. The molecule has 3 atom stereocenters. The fourth-order valence-corrected chi connectivity index (χ4v) is 6.21. The summed E-state index contributed by atoms with van der Waals surface area (Å²) < 4.78 is 6.36. The van der Waals surface area contributed by atoms with Crippen molar-refractivity contribution < 1.29 is 23.9 Å². The molecule has 0 saturated heterocycles. The minimum atomic E-state index is -1.02. The van der Waals surface area contributed by atoms with Gasteiger partial charge in [-0.3, -0.25) is 23.7 Å². The number of fused-ring (bicyclic) bond motifs is 4. The van der Waals surface area contributed by atoms with Crippen LogP contribution >= 0.6 is 0 Å². The summed E-state index contributed by atoms with van der Waals surface area (Å²) in [5.41, 5.74) is 3.49. The van der Waals surface area contributed by atoms with E-state index in [-0.39, 0.29) is 17.4 Å². The third-order valence-electron chi connectivity index (χ3n) is 8.40. The SMILES string of the molecule is COC(=O)[C@@H](NC(=O)[C@H](CC(C)C)NC(=O)CNC(=O)C1c2ccccc2-c2c(-c3ccccc3)c3ccccc3c(=O)n21)C(C)C. The van der Waals surface area contributed by atoms with Gasteiger partial charge in [0.2, 0.25) is 17.7 Å². The number of carbonyl (C=O) groups excluding carboxylic acids is 4. The second-order valence-electron chi connectivity index (χ2n) is 12.5. The van der Waals surface area contributed by atoms with E-state index in [1.165, 1.54) is 11.7 Å². The number of nitrogens with zero attached hydrogens (tertiary/aromatic N) is 1. The molecule has 3 N–H and O–H groups in total. The number of pyridine rings is 1. The highest BCUT2D eigenvalue weighted by Crippen LogP contribution is 2.45. The van der Waals surface area contributed by atoms with Gasteiger partial charge in [-0.2, -0.15) is 0 Å². The van der Waals surface area contributed by atoms with E-state index in [0.29, 0.717) is 23.1 Å². The molecule has 0 fully saturated rings. The zero-order valence-electron chi connectivity index (χ0n) is 27.2. The first-order chi connectivity index (χ1) is 22.5. The normalized spacial score (nSPS) is 14.7. The molecule has 1 aliphatic rings. The maximum Gasteiger partial charge on any atom is 0.328 e. The number of ether oxygens (including phenoxy) is 1. The number of benzene rings is 3. The van der Waals surface area contributed by atoms with Crippen LogP contribution in [0.5, 0.6) is 0 Å². The molecule has 0 saturated carbocycles. The van der Waals surface area contributed by atoms with Gasteiger partial charge in [0.15, 0.2) is 0 Å². The number of methoxy groups -OCH3 is 1. The minimum absolute atomic E-state index is 0.0447. The van der Waals surface area contributed by atoms with Gasteiger partial charge < -0.3 is 20.7 Å². The smallest absolute Gasteiger partial charge is 0.328 e. The average molecular weight is 637 g/mol. The number of rotatable bonds is 11. The van der Waals surface area contributed by atoms with Crippen LogP contribution in [0.1, 0.15) is 45.7 Å². The summed E-state index contributed by atoms with van der Waals surface area (Å²) >= 11 is 0. The van der Waals surface area contributed by atoms with Crippen LogP contribution in [0.2, 0.25) is 0 Å². The van der Waals surface area contributed by atoms with Crippen molar-refractivity contribution in [1.82, 2.24) is 20.5 Å². The summed E-state index contributed by atoms with van der Waals surface area (Å²) in [5.74, 6) is -2.40. The van der Waals surface area contributed by atoms with E-state index in [1.807, 2.05) is 80.6 Å². The molecule has 47 heavy (non-hydrogen) atoms. The van der Waals surface area contributed by atoms with Crippen molar-refractivity contribution in [3.05, 3.63) is 94.8 Å². The van der Waals surface area contributed by atoms with Crippen LogP contribution in [0.25, 0.3) is 33.2 Å². The molecule has 4 aromatic rings. The van der Waals surface area contributed by atoms with Gasteiger partial charge in [-0.25, -0.2) is 4.79 Å². The standard InChI is InChI=1S/C37H40N4O6/c1-21(2)19-28(34(43)40-31(22(3)4)37(46)47-5)39-29(42)20-38-35(44)33-26-17-11-10-16-25(26)32-30(23-13-7-6-8-14-23)24-15-9-12-18-27(24)36(45)41(32)33/h6-18,21-22,28,31,33H,19-20H2,1-5H3,(H,38,44)(H,39,42)(H,40,43)/t28-,31-,33?/m0/s1. The first-order valence-electron chi connectivity index (χ1n) is 15.8. The monoisotopic (exact) mass is 636 g/mol. The number of nitrogens with one attached hydrogen (secondary N) is 3.